The van der Waals surface area contributed by atoms with Crippen molar-refractivity contribution in [3.05, 3.63) is 12.2 Å². The maximum absolute atomic E-state index is 11.6. The van der Waals surface area contributed by atoms with Crippen LogP contribution < -0.4 is 0 Å². The SMILES string of the molecule is CCCCC[C@H](O)/C=C/C(F)(F)F. The molecule has 1 nitrogen and oxygen atoms in total. The molecular weight excluding hydrogens is 181 g/mol. The van der Waals surface area contributed by atoms with Crippen LogP contribution in [0, 0.1) is 0 Å². The molecule has 13 heavy (non-hydrogen) atoms. The topological polar surface area (TPSA) is 20.2 Å². The monoisotopic (exact) mass is 196 g/mol. The third-order valence-corrected chi connectivity index (χ3v) is 1.61. The van der Waals surface area contributed by atoms with E-state index >= 15 is 0 Å². The van der Waals surface area contributed by atoms with Gasteiger partial charge in [0.25, 0.3) is 0 Å². The lowest BCUT2D eigenvalue weighted by atomic mass is 10.1. The molecule has 0 fully saturated rings. The fourth-order valence-electron chi connectivity index (χ4n) is 0.920. The summed E-state index contributed by atoms with van der Waals surface area (Å²) in [6.45, 7) is 2.00. The molecule has 0 bridgehead atoms. The van der Waals surface area contributed by atoms with Crippen LogP contribution in [0.4, 0.5) is 13.2 Å². The van der Waals surface area contributed by atoms with Crippen molar-refractivity contribution in [2.75, 3.05) is 0 Å². The number of aliphatic hydroxyl groups excluding tert-OH is 1. The summed E-state index contributed by atoms with van der Waals surface area (Å²) in [6.07, 6.45) is -1.29. The molecule has 0 aromatic carbocycles. The second-order valence-electron chi connectivity index (χ2n) is 2.96. The Kier molecular flexibility index (Phi) is 5.79. The van der Waals surface area contributed by atoms with Gasteiger partial charge in [0.1, 0.15) is 0 Å². The van der Waals surface area contributed by atoms with Gasteiger partial charge in [0.05, 0.1) is 6.10 Å². The fourth-order valence-corrected chi connectivity index (χ4v) is 0.920. The first-order chi connectivity index (χ1) is 5.95. The van der Waals surface area contributed by atoms with Crippen molar-refractivity contribution in [2.45, 2.75) is 44.9 Å². The highest BCUT2D eigenvalue weighted by Crippen LogP contribution is 2.17. The van der Waals surface area contributed by atoms with E-state index < -0.39 is 12.3 Å². The van der Waals surface area contributed by atoms with Gasteiger partial charge >= 0.3 is 6.18 Å². The van der Waals surface area contributed by atoms with Crippen LogP contribution in [0.25, 0.3) is 0 Å². The summed E-state index contributed by atoms with van der Waals surface area (Å²) >= 11 is 0. The molecular formula is C9H15F3O. The molecule has 1 atom stereocenters. The second-order valence-corrected chi connectivity index (χ2v) is 2.96. The van der Waals surface area contributed by atoms with Crippen LogP contribution in [-0.2, 0) is 0 Å². The minimum atomic E-state index is -4.31. The van der Waals surface area contributed by atoms with Gasteiger partial charge in [-0.3, -0.25) is 0 Å². The number of aliphatic hydroxyl groups is 1. The summed E-state index contributed by atoms with van der Waals surface area (Å²) in [7, 11) is 0. The standard InChI is InChI=1S/C9H15F3O/c1-2-3-4-5-8(13)6-7-9(10,11)12/h6-8,13H,2-5H2,1H3/b7-6+/t8-/m0/s1. The Morgan fingerprint density at radius 2 is 1.92 bits per heavy atom. The Morgan fingerprint density at radius 3 is 2.38 bits per heavy atom. The first kappa shape index (κ1) is 12.5. The van der Waals surface area contributed by atoms with Gasteiger partial charge < -0.3 is 5.11 Å². The molecule has 78 valence electrons. The molecule has 0 spiro atoms. The van der Waals surface area contributed by atoms with Crippen LogP contribution in [0.5, 0.6) is 0 Å². The number of hydrogen-bond donors (Lipinski definition) is 1. The fraction of sp³-hybridized carbons (Fsp3) is 0.778. The predicted molar refractivity (Wildman–Crippen MR) is 45.3 cm³/mol. The highest BCUT2D eigenvalue weighted by molar-refractivity contribution is 4.93. The van der Waals surface area contributed by atoms with E-state index in [4.69, 9.17) is 5.11 Å². The number of hydrogen-bond acceptors (Lipinski definition) is 1. The molecule has 0 aromatic heterocycles. The molecule has 0 aliphatic rings. The molecule has 0 radical (unpaired) electrons. The van der Waals surface area contributed by atoms with Gasteiger partial charge in [0.15, 0.2) is 0 Å². The second kappa shape index (κ2) is 6.02. The molecule has 1 N–H and O–H groups in total. The molecule has 4 heteroatoms. The zero-order valence-electron chi connectivity index (χ0n) is 7.64. The van der Waals surface area contributed by atoms with Crippen LogP contribution in [0.1, 0.15) is 32.6 Å². The van der Waals surface area contributed by atoms with E-state index in [0.717, 1.165) is 25.3 Å². The normalized spacial score (nSPS) is 15.2. The van der Waals surface area contributed by atoms with Crippen molar-refractivity contribution >= 4 is 0 Å². The van der Waals surface area contributed by atoms with E-state index in [1.165, 1.54) is 0 Å². The summed E-state index contributed by atoms with van der Waals surface area (Å²) in [5.74, 6) is 0. The van der Waals surface area contributed by atoms with Crippen LogP contribution >= 0.6 is 0 Å². The van der Waals surface area contributed by atoms with Crippen molar-refractivity contribution in [1.82, 2.24) is 0 Å². The molecule has 0 unspecified atom stereocenters. The van der Waals surface area contributed by atoms with E-state index in [0.29, 0.717) is 6.42 Å². The number of alkyl halides is 3. The van der Waals surface area contributed by atoms with Gasteiger partial charge in [-0.2, -0.15) is 13.2 Å². The minimum Gasteiger partial charge on any atom is -0.389 e. The van der Waals surface area contributed by atoms with Crippen molar-refractivity contribution in [2.24, 2.45) is 0 Å². The molecule has 0 saturated carbocycles. The molecule has 0 aromatic rings. The average Bonchev–Trinajstić information content (AvgIpc) is 2.00. The van der Waals surface area contributed by atoms with Gasteiger partial charge in [0.2, 0.25) is 0 Å². The summed E-state index contributed by atoms with van der Waals surface area (Å²) in [6, 6.07) is 0. The lowest BCUT2D eigenvalue weighted by Crippen LogP contribution is -2.06. The summed E-state index contributed by atoms with van der Waals surface area (Å²) < 4.78 is 34.8. The van der Waals surface area contributed by atoms with Crippen molar-refractivity contribution < 1.29 is 18.3 Å². The first-order valence-corrected chi connectivity index (χ1v) is 4.40. The zero-order valence-corrected chi connectivity index (χ0v) is 7.64. The third kappa shape index (κ3) is 9.40. The lowest BCUT2D eigenvalue weighted by Gasteiger charge is -2.05. The number of unbranched alkanes of at least 4 members (excludes halogenated alkanes) is 2. The molecule has 0 amide bonds. The largest absolute Gasteiger partial charge is 0.409 e. The summed E-state index contributed by atoms with van der Waals surface area (Å²) in [5.41, 5.74) is 0. The Hall–Kier alpha value is -0.510. The van der Waals surface area contributed by atoms with Crippen LogP contribution in [0.3, 0.4) is 0 Å². The summed E-state index contributed by atoms with van der Waals surface area (Å²) in [4.78, 5) is 0. The van der Waals surface area contributed by atoms with E-state index in [2.05, 4.69) is 0 Å². The average molecular weight is 196 g/mol. The highest BCUT2D eigenvalue weighted by atomic mass is 19.4. The maximum Gasteiger partial charge on any atom is 0.409 e. The number of allylic oxidation sites excluding steroid dienone is 1. The van der Waals surface area contributed by atoms with E-state index in [1.54, 1.807) is 0 Å². The predicted octanol–water partition coefficient (Wildman–Crippen LogP) is 3.05. The lowest BCUT2D eigenvalue weighted by molar-refractivity contribution is -0.0806. The molecule has 0 heterocycles. The molecule has 0 aliphatic carbocycles. The van der Waals surface area contributed by atoms with Gasteiger partial charge in [-0.25, -0.2) is 0 Å². The Balaban J connectivity index is 3.61. The van der Waals surface area contributed by atoms with Crippen molar-refractivity contribution in [3.63, 3.8) is 0 Å². The maximum atomic E-state index is 11.6. The number of rotatable bonds is 5. The Labute approximate surface area is 76.3 Å². The van der Waals surface area contributed by atoms with E-state index in [-0.39, 0.29) is 6.08 Å². The van der Waals surface area contributed by atoms with E-state index in [9.17, 15) is 13.2 Å². The van der Waals surface area contributed by atoms with Gasteiger partial charge in [-0.05, 0) is 6.42 Å². The van der Waals surface area contributed by atoms with Gasteiger partial charge in [-0.15, -0.1) is 0 Å². The third-order valence-electron chi connectivity index (χ3n) is 1.61. The molecule has 0 saturated heterocycles. The quantitative estimate of drug-likeness (QED) is 0.529. The van der Waals surface area contributed by atoms with Crippen LogP contribution in [-0.4, -0.2) is 17.4 Å². The van der Waals surface area contributed by atoms with Crippen LogP contribution in [0.15, 0.2) is 12.2 Å². The van der Waals surface area contributed by atoms with Crippen molar-refractivity contribution in [1.29, 1.82) is 0 Å². The summed E-state index contributed by atoms with van der Waals surface area (Å²) in [5, 5.41) is 9.05. The Morgan fingerprint density at radius 1 is 1.31 bits per heavy atom. The highest BCUT2D eigenvalue weighted by Gasteiger charge is 2.22. The first-order valence-electron chi connectivity index (χ1n) is 4.40. The molecule has 0 aliphatic heterocycles. The zero-order chi connectivity index (χ0) is 10.3. The van der Waals surface area contributed by atoms with Gasteiger partial charge in [0, 0.05) is 6.08 Å². The molecule has 0 rings (SSSR count). The smallest absolute Gasteiger partial charge is 0.389 e. The Bertz CT molecular complexity index is 151. The van der Waals surface area contributed by atoms with Crippen molar-refractivity contribution in [3.8, 4) is 0 Å². The van der Waals surface area contributed by atoms with Crippen LogP contribution in [0.2, 0.25) is 0 Å². The van der Waals surface area contributed by atoms with Gasteiger partial charge in [-0.1, -0.05) is 32.3 Å². The number of halogens is 3. The van der Waals surface area contributed by atoms with E-state index in [1.807, 2.05) is 6.92 Å². The minimum absolute atomic E-state index is 0.0869.